The molecule has 1 unspecified atom stereocenters. The predicted octanol–water partition coefficient (Wildman–Crippen LogP) is 5.61. The number of amides is 2. The van der Waals surface area contributed by atoms with Crippen LogP contribution >= 0.6 is 11.6 Å². The lowest BCUT2D eigenvalue weighted by molar-refractivity contribution is -0.384. The van der Waals surface area contributed by atoms with Crippen molar-refractivity contribution in [3.63, 3.8) is 0 Å². The number of non-ortho nitro benzene ring substituents is 1. The molecule has 4 aromatic rings. The molecule has 45 heavy (non-hydrogen) atoms. The van der Waals surface area contributed by atoms with Crippen molar-refractivity contribution in [1.82, 2.24) is 10.2 Å². The first-order chi connectivity index (χ1) is 21.6. The lowest BCUT2D eigenvalue weighted by Crippen LogP contribution is -2.53. The molecule has 0 aliphatic carbocycles. The second kappa shape index (κ2) is 15.3. The molecule has 0 saturated heterocycles. The molecule has 1 N–H and O–H groups in total. The Morgan fingerprint density at radius 2 is 1.51 bits per heavy atom. The highest BCUT2D eigenvalue weighted by atomic mass is 35.5. The van der Waals surface area contributed by atoms with Gasteiger partial charge in [-0.05, 0) is 53.9 Å². The average Bonchev–Trinajstić information content (AvgIpc) is 3.05. The Hall–Kier alpha value is -4.74. The first-order valence-electron chi connectivity index (χ1n) is 14.3. The Kier molecular flexibility index (Phi) is 11.3. The number of sulfonamides is 1. The van der Waals surface area contributed by atoms with Crippen molar-refractivity contribution in [1.29, 1.82) is 0 Å². The molecule has 0 radical (unpaired) electrons. The lowest BCUT2D eigenvalue weighted by Gasteiger charge is -2.34. The van der Waals surface area contributed by atoms with E-state index in [0.717, 1.165) is 9.87 Å². The van der Waals surface area contributed by atoms with Gasteiger partial charge in [0.05, 0.1) is 15.5 Å². The van der Waals surface area contributed by atoms with Gasteiger partial charge in [-0.25, -0.2) is 8.42 Å². The summed E-state index contributed by atoms with van der Waals surface area (Å²) in [6, 6.07) is 27.6. The van der Waals surface area contributed by atoms with E-state index in [4.69, 9.17) is 11.6 Å². The van der Waals surface area contributed by atoms with Crippen LogP contribution in [-0.4, -0.2) is 49.2 Å². The summed E-state index contributed by atoms with van der Waals surface area (Å²) >= 11 is 6.26. The third-order valence-corrected chi connectivity index (χ3v) is 9.04. The van der Waals surface area contributed by atoms with Crippen LogP contribution in [0.4, 0.5) is 11.4 Å². The largest absolute Gasteiger partial charge is 0.354 e. The minimum atomic E-state index is -4.32. The fraction of sp³-hybridized carbons (Fsp3) is 0.212. The number of halogens is 1. The van der Waals surface area contributed by atoms with Gasteiger partial charge in [0.25, 0.3) is 15.7 Å². The standard InChI is InChI=1S/C33H33ClN4O6S/c1-2-20-35-33(40)31(22-25-10-5-3-6-11-25)36(23-26-12-9-13-27(34)21-26)32(39)24-37(28-16-18-29(19-17-28)38(41)42)45(43,44)30-14-7-4-8-15-30/h3-19,21,31H,2,20,22-24H2,1H3,(H,35,40). The smallest absolute Gasteiger partial charge is 0.269 e. The van der Waals surface area contributed by atoms with Crippen LogP contribution in [0, 0.1) is 10.1 Å². The van der Waals surface area contributed by atoms with Gasteiger partial charge in [-0.3, -0.25) is 24.0 Å². The third kappa shape index (κ3) is 8.68. The normalized spacial score (nSPS) is 11.8. The molecule has 0 spiro atoms. The highest BCUT2D eigenvalue weighted by Crippen LogP contribution is 2.27. The minimum absolute atomic E-state index is 0.0318. The molecule has 0 saturated carbocycles. The molecule has 10 nitrogen and oxygen atoms in total. The van der Waals surface area contributed by atoms with Gasteiger partial charge in [0.2, 0.25) is 11.8 Å². The number of carbonyl (C=O) groups is 2. The zero-order chi connectivity index (χ0) is 32.4. The van der Waals surface area contributed by atoms with Crippen LogP contribution in [0.2, 0.25) is 5.02 Å². The van der Waals surface area contributed by atoms with E-state index in [2.05, 4.69) is 5.32 Å². The quantitative estimate of drug-likeness (QED) is 0.140. The van der Waals surface area contributed by atoms with Crippen molar-refractivity contribution in [2.75, 3.05) is 17.4 Å². The van der Waals surface area contributed by atoms with Crippen LogP contribution < -0.4 is 9.62 Å². The summed E-state index contributed by atoms with van der Waals surface area (Å²) in [6.45, 7) is 1.59. The summed E-state index contributed by atoms with van der Waals surface area (Å²) in [7, 11) is -4.32. The monoisotopic (exact) mass is 648 g/mol. The first-order valence-corrected chi connectivity index (χ1v) is 16.1. The Morgan fingerprint density at radius 3 is 2.11 bits per heavy atom. The molecule has 2 amide bonds. The van der Waals surface area contributed by atoms with Crippen molar-refractivity contribution >= 4 is 44.8 Å². The van der Waals surface area contributed by atoms with Gasteiger partial charge in [0.1, 0.15) is 12.6 Å². The molecule has 0 aliphatic heterocycles. The molecule has 1 atom stereocenters. The van der Waals surface area contributed by atoms with Gasteiger partial charge in [0, 0.05) is 36.7 Å². The molecule has 4 rings (SSSR count). The Morgan fingerprint density at radius 1 is 0.889 bits per heavy atom. The van der Waals surface area contributed by atoms with E-state index in [1.165, 1.54) is 41.3 Å². The number of rotatable bonds is 14. The van der Waals surface area contributed by atoms with E-state index in [9.17, 15) is 28.1 Å². The molecular formula is C33H33ClN4O6S. The summed E-state index contributed by atoms with van der Waals surface area (Å²) in [5.74, 6) is -1.04. The van der Waals surface area contributed by atoms with Crippen LogP contribution in [0.3, 0.4) is 0 Å². The number of nitrogens with one attached hydrogen (secondary N) is 1. The zero-order valence-electron chi connectivity index (χ0n) is 24.6. The van der Waals surface area contributed by atoms with Crippen LogP contribution in [-0.2, 0) is 32.6 Å². The number of nitrogens with zero attached hydrogens (tertiary/aromatic N) is 3. The zero-order valence-corrected chi connectivity index (χ0v) is 26.2. The van der Waals surface area contributed by atoms with Gasteiger partial charge in [-0.2, -0.15) is 0 Å². The van der Waals surface area contributed by atoms with E-state index in [0.29, 0.717) is 23.6 Å². The Labute approximate surface area is 267 Å². The number of hydrogen-bond donors (Lipinski definition) is 1. The number of carbonyl (C=O) groups excluding carboxylic acids is 2. The highest BCUT2D eigenvalue weighted by Gasteiger charge is 2.34. The van der Waals surface area contributed by atoms with E-state index in [1.807, 2.05) is 37.3 Å². The third-order valence-electron chi connectivity index (χ3n) is 7.02. The van der Waals surface area contributed by atoms with Gasteiger partial charge >= 0.3 is 0 Å². The van der Waals surface area contributed by atoms with Crippen molar-refractivity contribution < 1.29 is 22.9 Å². The van der Waals surface area contributed by atoms with Gasteiger partial charge in [-0.1, -0.05) is 79.2 Å². The van der Waals surface area contributed by atoms with Crippen molar-refractivity contribution in [3.05, 3.63) is 135 Å². The van der Waals surface area contributed by atoms with Crippen LogP contribution in [0.15, 0.2) is 114 Å². The number of nitro benzene ring substituents is 1. The van der Waals surface area contributed by atoms with Crippen molar-refractivity contribution in [2.45, 2.75) is 37.2 Å². The maximum Gasteiger partial charge on any atom is 0.269 e. The highest BCUT2D eigenvalue weighted by molar-refractivity contribution is 7.92. The number of anilines is 1. The second-order valence-corrected chi connectivity index (χ2v) is 12.5. The van der Waals surface area contributed by atoms with Crippen LogP contribution in [0.25, 0.3) is 0 Å². The summed E-state index contributed by atoms with van der Waals surface area (Å²) in [5.41, 5.74) is 1.27. The molecule has 12 heteroatoms. The molecule has 4 aromatic carbocycles. The average molecular weight is 649 g/mol. The Balaban J connectivity index is 1.80. The van der Waals surface area contributed by atoms with Crippen LogP contribution in [0.5, 0.6) is 0 Å². The topological polar surface area (TPSA) is 130 Å². The van der Waals surface area contributed by atoms with Crippen molar-refractivity contribution in [3.8, 4) is 0 Å². The molecule has 0 fully saturated rings. The van der Waals surface area contributed by atoms with Gasteiger partial charge < -0.3 is 10.2 Å². The molecule has 0 heterocycles. The first kappa shape index (κ1) is 33.2. The molecule has 234 valence electrons. The molecular weight excluding hydrogens is 616 g/mol. The van der Waals surface area contributed by atoms with E-state index >= 15 is 0 Å². The Bertz CT molecular complexity index is 1720. The summed E-state index contributed by atoms with van der Waals surface area (Å²) in [4.78, 5) is 40.0. The number of benzene rings is 4. The van der Waals surface area contributed by atoms with Crippen molar-refractivity contribution in [2.24, 2.45) is 0 Å². The van der Waals surface area contributed by atoms with Gasteiger partial charge in [-0.15, -0.1) is 0 Å². The maximum atomic E-state index is 14.4. The minimum Gasteiger partial charge on any atom is -0.354 e. The maximum absolute atomic E-state index is 14.4. The summed E-state index contributed by atoms with van der Waals surface area (Å²) in [5, 5.41) is 14.6. The fourth-order valence-corrected chi connectivity index (χ4v) is 6.39. The molecule has 0 aliphatic rings. The lowest BCUT2D eigenvalue weighted by atomic mass is 10.0. The fourth-order valence-electron chi connectivity index (χ4n) is 4.74. The molecule has 0 aromatic heterocycles. The number of hydrogen-bond acceptors (Lipinski definition) is 6. The van der Waals surface area contributed by atoms with Crippen LogP contribution in [0.1, 0.15) is 24.5 Å². The van der Waals surface area contributed by atoms with E-state index in [1.54, 1.807) is 42.5 Å². The van der Waals surface area contributed by atoms with E-state index < -0.39 is 33.4 Å². The van der Waals surface area contributed by atoms with Gasteiger partial charge in [0.15, 0.2) is 0 Å². The summed E-state index contributed by atoms with van der Waals surface area (Å²) < 4.78 is 28.9. The SMILES string of the molecule is CCCNC(=O)C(Cc1ccccc1)N(Cc1cccc(Cl)c1)C(=O)CN(c1ccc([N+](=O)[O-])cc1)S(=O)(=O)c1ccccc1. The summed E-state index contributed by atoms with van der Waals surface area (Å²) in [6.07, 6.45) is 0.848. The second-order valence-electron chi connectivity index (χ2n) is 10.2. The van der Waals surface area contributed by atoms with E-state index in [-0.39, 0.29) is 35.1 Å². The molecule has 0 bridgehead atoms. The number of nitro groups is 1. The predicted molar refractivity (Wildman–Crippen MR) is 173 cm³/mol.